The van der Waals surface area contributed by atoms with Gasteiger partial charge in [-0.25, -0.2) is 9.59 Å². The van der Waals surface area contributed by atoms with Crippen LogP contribution in [0.3, 0.4) is 0 Å². The molecule has 4 aliphatic heterocycles. The Balaban J connectivity index is 1.11. The van der Waals surface area contributed by atoms with Crippen LogP contribution in [0.25, 0.3) is 0 Å². The van der Waals surface area contributed by atoms with Crippen LogP contribution in [-0.2, 0) is 44.3 Å². The number of esters is 1. The lowest BCUT2D eigenvalue weighted by Gasteiger charge is -2.43. The molecule has 4 amide bonds. The SMILES string of the molecule is CCOC(=O)CN1CCC(N2CCN(C(=O)[C@@H](Cc3cc(C(F)(F)F)cc(C(F)(F)F)c3)OC(=O)N3CCC(N4CCc5ccccc5NC4=O)CC3)CC2)CC1. The van der Waals surface area contributed by atoms with Gasteiger partial charge in [0.25, 0.3) is 5.91 Å². The molecule has 3 saturated heterocycles. The van der Waals surface area contributed by atoms with Gasteiger partial charge in [0.1, 0.15) is 0 Å². The topological polar surface area (TPSA) is 115 Å². The van der Waals surface area contributed by atoms with Crippen LogP contribution in [0.4, 0.5) is 41.6 Å². The Morgan fingerprint density at radius 3 is 2.02 bits per heavy atom. The highest BCUT2D eigenvalue weighted by Gasteiger charge is 2.40. The van der Waals surface area contributed by atoms with Crippen molar-refractivity contribution in [3.05, 3.63) is 64.7 Å². The number of amides is 4. The van der Waals surface area contributed by atoms with Gasteiger partial charge in [-0.05, 0) is 74.4 Å². The van der Waals surface area contributed by atoms with Crippen LogP contribution in [0.5, 0.6) is 0 Å². The zero-order valence-electron chi connectivity index (χ0n) is 31.7. The number of carbonyl (C=O) groups is 4. The van der Waals surface area contributed by atoms with E-state index >= 15 is 0 Å². The number of urea groups is 1. The molecule has 4 aliphatic rings. The molecule has 4 heterocycles. The fraction of sp³-hybridized carbons (Fsp3) is 0.590. The molecule has 0 spiro atoms. The van der Waals surface area contributed by atoms with E-state index in [0.717, 1.165) is 24.1 Å². The van der Waals surface area contributed by atoms with Crippen molar-refractivity contribution in [1.82, 2.24) is 24.5 Å². The molecule has 0 unspecified atom stereocenters. The Labute approximate surface area is 327 Å². The Morgan fingerprint density at radius 2 is 1.40 bits per heavy atom. The van der Waals surface area contributed by atoms with Crippen LogP contribution in [0.1, 0.15) is 54.9 Å². The van der Waals surface area contributed by atoms with Crippen LogP contribution in [0.15, 0.2) is 42.5 Å². The van der Waals surface area contributed by atoms with Gasteiger partial charge in [-0.1, -0.05) is 18.2 Å². The van der Waals surface area contributed by atoms with Gasteiger partial charge in [0, 0.05) is 83.1 Å². The predicted molar refractivity (Wildman–Crippen MR) is 195 cm³/mol. The fourth-order valence-corrected chi connectivity index (χ4v) is 8.17. The largest absolute Gasteiger partial charge is 0.465 e. The Bertz CT molecular complexity index is 1720. The van der Waals surface area contributed by atoms with Crippen molar-refractivity contribution in [2.75, 3.05) is 77.4 Å². The summed E-state index contributed by atoms with van der Waals surface area (Å²) in [5.41, 5.74) is -1.78. The Kier molecular flexibility index (Phi) is 13.2. The number of nitrogens with zero attached hydrogens (tertiary/aromatic N) is 5. The number of nitrogens with one attached hydrogen (secondary N) is 1. The minimum Gasteiger partial charge on any atom is -0.465 e. The van der Waals surface area contributed by atoms with Gasteiger partial charge in [0.05, 0.1) is 24.3 Å². The molecule has 0 radical (unpaired) electrons. The lowest BCUT2D eigenvalue weighted by molar-refractivity contribution is -0.145. The van der Waals surface area contributed by atoms with Crippen molar-refractivity contribution in [3.8, 4) is 0 Å². The molecule has 57 heavy (non-hydrogen) atoms. The van der Waals surface area contributed by atoms with E-state index in [1.165, 1.54) is 9.80 Å². The third-order valence-electron chi connectivity index (χ3n) is 11.2. The standard InChI is InChI=1S/C39H48F6N6O6/c1-2-56-34(52)25-47-12-8-30(9-13-47)48-17-19-49(20-18-48)35(53)33(23-26-21-28(38(40,41)42)24-29(22-26)39(43,44)45)57-37(55)50-14-10-31(11-15-50)51-16-7-27-5-3-4-6-32(27)46-36(51)54/h3-6,21-22,24,30-31,33H,2,7-20,23,25H2,1H3,(H,46,54)/t33-/m1/s1. The van der Waals surface area contributed by atoms with Crippen LogP contribution in [-0.4, -0.2) is 139 Å². The molecular formula is C39H48F6N6O6. The zero-order valence-corrected chi connectivity index (χ0v) is 31.7. The van der Waals surface area contributed by atoms with E-state index in [2.05, 4.69) is 10.2 Å². The predicted octanol–water partition coefficient (Wildman–Crippen LogP) is 5.50. The summed E-state index contributed by atoms with van der Waals surface area (Å²) >= 11 is 0. The maximum Gasteiger partial charge on any atom is 0.416 e. The number of benzene rings is 2. The number of piperazine rings is 1. The molecule has 1 atom stereocenters. The number of hydrogen-bond acceptors (Lipinski definition) is 8. The summed E-state index contributed by atoms with van der Waals surface area (Å²) in [6, 6.07) is 8.35. The summed E-state index contributed by atoms with van der Waals surface area (Å²) in [5, 5.41) is 2.93. The normalized spacial score (nSPS) is 20.1. The van der Waals surface area contributed by atoms with Crippen molar-refractivity contribution in [2.24, 2.45) is 0 Å². The summed E-state index contributed by atoms with van der Waals surface area (Å²) < 4.78 is 93.3. The van der Waals surface area contributed by atoms with E-state index in [0.29, 0.717) is 70.7 Å². The first kappa shape index (κ1) is 42.0. The summed E-state index contributed by atoms with van der Waals surface area (Å²) in [7, 11) is 0. The number of ether oxygens (including phenoxy) is 2. The number of halogens is 6. The van der Waals surface area contributed by atoms with Crippen molar-refractivity contribution in [1.29, 1.82) is 0 Å². The molecule has 0 saturated carbocycles. The molecule has 3 fully saturated rings. The highest BCUT2D eigenvalue weighted by molar-refractivity contribution is 5.91. The molecule has 0 bridgehead atoms. The number of hydrogen-bond donors (Lipinski definition) is 1. The highest BCUT2D eigenvalue weighted by atomic mass is 19.4. The van der Waals surface area contributed by atoms with Gasteiger partial charge in [-0.15, -0.1) is 0 Å². The third kappa shape index (κ3) is 10.7. The van der Waals surface area contributed by atoms with E-state index in [-0.39, 0.29) is 62.9 Å². The van der Waals surface area contributed by atoms with E-state index in [9.17, 15) is 45.5 Å². The van der Waals surface area contributed by atoms with Gasteiger partial charge < -0.3 is 29.5 Å². The van der Waals surface area contributed by atoms with Gasteiger partial charge in [-0.3, -0.25) is 19.4 Å². The summed E-state index contributed by atoms with van der Waals surface area (Å²) in [5.74, 6) is -0.995. The monoisotopic (exact) mass is 810 g/mol. The number of para-hydroxylation sites is 1. The van der Waals surface area contributed by atoms with Crippen molar-refractivity contribution in [2.45, 2.75) is 76.0 Å². The molecule has 2 aromatic carbocycles. The first-order chi connectivity index (χ1) is 27.1. The van der Waals surface area contributed by atoms with Gasteiger partial charge in [-0.2, -0.15) is 26.3 Å². The molecule has 1 N–H and O–H groups in total. The molecular weight excluding hydrogens is 762 g/mol. The lowest BCUT2D eigenvalue weighted by atomic mass is 9.99. The summed E-state index contributed by atoms with van der Waals surface area (Å²) in [6.45, 7) is 5.75. The van der Waals surface area contributed by atoms with E-state index < -0.39 is 53.6 Å². The van der Waals surface area contributed by atoms with E-state index in [4.69, 9.17) is 9.47 Å². The Hall–Kier alpha value is -4.58. The minimum atomic E-state index is -5.10. The highest BCUT2D eigenvalue weighted by Crippen LogP contribution is 2.37. The third-order valence-corrected chi connectivity index (χ3v) is 11.2. The molecule has 18 heteroatoms. The first-order valence-electron chi connectivity index (χ1n) is 19.4. The maximum absolute atomic E-state index is 14.1. The molecule has 0 aromatic heterocycles. The van der Waals surface area contributed by atoms with Gasteiger partial charge in [0.2, 0.25) is 0 Å². The zero-order chi connectivity index (χ0) is 40.9. The summed E-state index contributed by atoms with van der Waals surface area (Å²) in [4.78, 5) is 61.4. The second-order valence-corrected chi connectivity index (χ2v) is 14.9. The number of piperidine rings is 2. The summed E-state index contributed by atoms with van der Waals surface area (Å²) in [6.07, 6.45) is -10.5. The molecule has 6 rings (SSSR count). The second kappa shape index (κ2) is 17.9. The quantitative estimate of drug-likeness (QED) is 0.261. The smallest absolute Gasteiger partial charge is 0.416 e. The fourth-order valence-electron chi connectivity index (χ4n) is 8.17. The van der Waals surface area contributed by atoms with Crippen LogP contribution < -0.4 is 5.32 Å². The number of rotatable bonds is 9. The molecule has 12 nitrogen and oxygen atoms in total. The van der Waals surface area contributed by atoms with E-state index in [1.807, 2.05) is 29.2 Å². The van der Waals surface area contributed by atoms with Crippen LogP contribution >= 0.6 is 0 Å². The van der Waals surface area contributed by atoms with Gasteiger partial charge >= 0.3 is 30.4 Å². The number of carbonyl (C=O) groups excluding carboxylic acids is 4. The Morgan fingerprint density at radius 1 is 0.789 bits per heavy atom. The van der Waals surface area contributed by atoms with Crippen molar-refractivity contribution in [3.63, 3.8) is 0 Å². The van der Waals surface area contributed by atoms with E-state index in [1.54, 1.807) is 11.8 Å². The second-order valence-electron chi connectivity index (χ2n) is 14.9. The average Bonchev–Trinajstić information content (AvgIpc) is 3.35. The van der Waals surface area contributed by atoms with Crippen LogP contribution in [0, 0.1) is 0 Å². The average molecular weight is 811 g/mol. The molecule has 0 aliphatic carbocycles. The molecule has 312 valence electrons. The van der Waals surface area contributed by atoms with Gasteiger partial charge in [0.15, 0.2) is 6.10 Å². The number of likely N-dealkylation sites (tertiary alicyclic amines) is 2. The molecule has 2 aromatic rings. The maximum atomic E-state index is 14.1. The minimum absolute atomic E-state index is 0.0142. The van der Waals surface area contributed by atoms with Crippen molar-refractivity contribution < 1.29 is 55.0 Å². The van der Waals surface area contributed by atoms with Crippen LogP contribution in [0.2, 0.25) is 0 Å². The van der Waals surface area contributed by atoms with Crippen molar-refractivity contribution >= 4 is 29.7 Å². The lowest BCUT2D eigenvalue weighted by Crippen LogP contribution is -2.57. The number of anilines is 1. The first-order valence-corrected chi connectivity index (χ1v) is 19.4. The number of alkyl halides is 6. The number of fused-ring (bicyclic) bond motifs is 1.